The van der Waals surface area contributed by atoms with Crippen molar-refractivity contribution in [2.24, 2.45) is 11.7 Å². The largest absolute Gasteiger partial charge is 0.330 e. The number of rotatable bonds is 6. The van der Waals surface area contributed by atoms with Crippen molar-refractivity contribution < 1.29 is 0 Å². The summed E-state index contributed by atoms with van der Waals surface area (Å²) in [6.07, 6.45) is 3.49. The lowest BCUT2D eigenvalue weighted by atomic mass is 9.94. The molecule has 0 heterocycles. The summed E-state index contributed by atoms with van der Waals surface area (Å²) in [5.41, 5.74) is 8.43. The molecule has 1 unspecified atom stereocenters. The predicted molar refractivity (Wildman–Crippen MR) is 71.7 cm³/mol. The minimum absolute atomic E-state index is 0.636. The van der Waals surface area contributed by atoms with E-state index in [1.807, 2.05) is 0 Å². The second-order valence-corrected chi connectivity index (χ2v) is 5.17. The molecule has 1 nitrogen and oxygen atoms in total. The molecule has 0 aliphatic rings. The highest BCUT2D eigenvalue weighted by molar-refractivity contribution is 5.25. The lowest BCUT2D eigenvalue weighted by molar-refractivity contribution is 0.636. The zero-order chi connectivity index (χ0) is 12.0. The van der Waals surface area contributed by atoms with Crippen LogP contribution in [0.1, 0.15) is 50.7 Å². The van der Waals surface area contributed by atoms with E-state index < -0.39 is 0 Å². The molecule has 0 bridgehead atoms. The van der Waals surface area contributed by atoms with Crippen LogP contribution in [-0.4, -0.2) is 6.54 Å². The fourth-order valence-corrected chi connectivity index (χ4v) is 2.04. The van der Waals surface area contributed by atoms with Gasteiger partial charge in [0, 0.05) is 0 Å². The molecule has 0 saturated heterocycles. The van der Waals surface area contributed by atoms with Crippen molar-refractivity contribution in [1.29, 1.82) is 0 Å². The maximum absolute atomic E-state index is 5.53. The Bertz CT molecular complexity index is 287. The summed E-state index contributed by atoms with van der Waals surface area (Å²) in [7, 11) is 0. The van der Waals surface area contributed by atoms with Gasteiger partial charge in [0.05, 0.1) is 0 Å². The topological polar surface area (TPSA) is 26.0 Å². The number of benzene rings is 1. The van der Waals surface area contributed by atoms with Gasteiger partial charge in [-0.05, 0) is 48.8 Å². The van der Waals surface area contributed by atoms with Crippen molar-refractivity contribution in [2.75, 3.05) is 6.54 Å². The lowest BCUT2D eigenvalue weighted by Gasteiger charge is -2.12. The second-order valence-electron chi connectivity index (χ2n) is 5.17. The van der Waals surface area contributed by atoms with Gasteiger partial charge in [-0.2, -0.15) is 0 Å². The highest BCUT2D eigenvalue weighted by Crippen LogP contribution is 2.21. The summed E-state index contributed by atoms with van der Waals surface area (Å²) in [6.45, 7) is 7.61. The molecule has 1 rings (SSSR count). The third-order valence-electron chi connectivity index (χ3n) is 3.03. The van der Waals surface area contributed by atoms with Crippen molar-refractivity contribution in [3.8, 4) is 0 Å². The summed E-state index contributed by atoms with van der Waals surface area (Å²) in [6, 6.07) is 9.10. The highest BCUT2D eigenvalue weighted by Gasteiger charge is 2.05. The molecule has 0 fully saturated rings. The van der Waals surface area contributed by atoms with Gasteiger partial charge < -0.3 is 5.73 Å². The molecule has 0 amide bonds. The van der Waals surface area contributed by atoms with Gasteiger partial charge in [0.25, 0.3) is 0 Å². The van der Waals surface area contributed by atoms with Crippen molar-refractivity contribution in [1.82, 2.24) is 0 Å². The Morgan fingerprint density at radius 3 is 2.19 bits per heavy atom. The number of nitrogens with two attached hydrogens (primary N) is 1. The SMILES string of the molecule is CC(C)Cc1ccc(C(C)CCCN)cc1. The molecule has 0 aromatic heterocycles. The molecule has 90 valence electrons. The first-order valence-corrected chi connectivity index (χ1v) is 6.42. The van der Waals surface area contributed by atoms with Crippen molar-refractivity contribution in [3.63, 3.8) is 0 Å². The Kier molecular flexibility index (Phi) is 5.54. The Morgan fingerprint density at radius 1 is 1.06 bits per heavy atom. The maximum Gasteiger partial charge on any atom is -0.00771 e. The van der Waals surface area contributed by atoms with Gasteiger partial charge in [0.2, 0.25) is 0 Å². The van der Waals surface area contributed by atoms with Crippen LogP contribution in [-0.2, 0) is 6.42 Å². The minimum Gasteiger partial charge on any atom is -0.330 e. The predicted octanol–water partition coefficient (Wildman–Crippen LogP) is 3.73. The summed E-state index contributed by atoms with van der Waals surface area (Å²) < 4.78 is 0. The Hall–Kier alpha value is -0.820. The van der Waals surface area contributed by atoms with Crippen LogP contribution in [0.15, 0.2) is 24.3 Å². The van der Waals surface area contributed by atoms with E-state index in [2.05, 4.69) is 45.0 Å². The van der Waals surface area contributed by atoms with Crippen LogP contribution < -0.4 is 5.73 Å². The molecule has 0 saturated carbocycles. The van der Waals surface area contributed by atoms with E-state index in [0.29, 0.717) is 5.92 Å². The minimum atomic E-state index is 0.636. The summed E-state index contributed by atoms with van der Waals surface area (Å²) in [4.78, 5) is 0. The summed E-state index contributed by atoms with van der Waals surface area (Å²) in [5.74, 6) is 1.37. The molecule has 0 aliphatic heterocycles. The molecule has 1 heteroatoms. The van der Waals surface area contributed by atoms with Gasteiger partial charge in [0.15, 0.2) is 0 Å². The van der Waals surface area contributed by atoms with Crippen LogP contribution in [0, 0.1) is 5.92 Å². The van der Waals surface area contributed by atoms with E-state index in [9.17, 15) is 0 Å². The number of hydrogen-bond acceptors (Lipinski definition) is 1. The third-order valence-corrected chi connectivity index (χ3v) is 3.03. The Morgan fingerprint density at radius 2 is 1.69 bits per heavy atom. The first kappa shape index (κ1) is 13.2. The molecule has 0 aliphatic carbocycles. The average Bonchev–Trinajstić information content (AvgIpc) is 2.26. The Balaban J connectivity index is 2.56. The van der Waals surface area contributed by atoms with E-state index in [-0.39, 0.29) is 0 Å². The summed E-state index contributed by atoms with van der Waals surface area (Å²) in [5, 5.41) is 0. The maximum atomic E-state index is 5.53. The zero-order valence-electron chi connectivity index (χ0n) is 10.9. The van der Waals surface area contributed by atoms with Crippen LogP contribution in [0.4, 0.5) is 0 Å². The lowest BCUT2D eigenvalue weighted by Crippen LogP contribution is -2.02. The molecular formula is C15H25N. The smallest absolute Gasteiger partial charge is 0.00771 e. The van der Waals surface area contributed by atoms with Gasteiger partial charge in [-0.1, -0.05) is 45.0 Å². The third kappa shape index (κ3) is 4.36. The van der Waals surface area contributed by atoms with Gasteiger partial charge in [0.1, 0.15) is 0 Å². The highest BCUT2D eigenvalue weighted by atomic mass is 14.5. The van der Waals surface area contributed by atoms with Crippen LogP contribution >= 0.6 is 0 Å². The quantitative estimate of drug-likeness (QED) is 0.775. The first-order chi connectivity index (χ1) is 7.63. The van der Waals surface area contributed by atoms with Gasteiger partial charge in [-0.25, -0.2) is 0 Å². The van der Waals surface area contributed by atoms with Crippen molar-refractivity contribution in [2.45, 2.75) is 46.0 Å². The molecule has 0 spiro atoms. The monoisotopic (exact) mass is 219 g/mol. The first-order valence-electron chi connectivity index (χ1n) is 6.42. The molecule has 1 aromatic rings. The van der Waals surface area contributed by atoms with Crippen LogP contribution in [0.3, 0.4) is 0 Å². The van der Waals surface area contributed by atoms with E-state index in [0.717, 1.165) is 18.9 Å². The molecule has 1 atom stereocenters. The van der Waals surface area contributed by atoms with Crippen molar-refractivity contribution in [3.05, 3.63) is 35.4 Å². The van der Waals surface area contributed by atoms with Crippen LogP contribution in [0.5, 0.6) is 0 Å². The normalized spacial score (nSPS) is 13.1. The van der Waals surface area contributed by atoms with E-state index in [1.54, 1.807) is 0 Å². The zero-order valence-corrected chi connectivity index (χ0v) is 10.9. The van der Waals surface area contributed by atoms with Crippen molar-refractivity contribution >= 4 is 0 Å². The van der Waals surface area contributed by atoms with Gasteiger partial charge in [-0.3, -0.25) is 0 Å². The van der Waals surface area contributed by atoms with Gasteiger partial charge >= 0.3 is 0 Å². The molecule has 1 aromatic carbocycles. The average molecular weight is 219 g/mol. The van der Waals surface area contributed by atoms with E-state index in [4.69, 9.17) is 5.73 Å². The standard InChI is InChI=1S/C15H25N/c1-12(2)11-14-6-8-15(9-7-14)13(3)5-4-10-16/h6-9,12-13H,4-5,10-11,16H2,1-3H3. The fourth-order valence-electron chi connectivity index (χ4n) is 2.04. The second kappa shape index (κ2) is 6.70. The fraction of sp³-hybridized carbons (Fsp3) is 0.600. The van der Waals surface area contributed by atoms with E-state index >= 15 is 0 Å². The van der Waals surface area contributed by atoms with Crippen LogP contribution in [0.2, 0.25) is 0 Å². The molecule has 0 radical (unpaired) electrons. The summed E-state index contributed by atoms with van der Waals surface area (Å²) >= 11 is 0. The molecular weight excluding hydrogens is 194 g/mol. The van der Waals surface area contributed by atoms with E-state index in [1.165, 1.54) is 24.0 Å². The Labute approximate surface area is 100 Å². The molecule has 2 N–H and O–H groups in total. The number of hydrogen-bond donors (Lipinski definition) is 1. The molecule has 16 heavy (non-hydrogen) atoms. The van der Waals surface area contributed by atoms with Gasteiger partial charge in [-0.15, -0.1) is 0 Å². The van der Waals surface area contributed by atoms with Crippen LogP contribution in [0.25, 0.3) is 0 Å².